The summed E-state index contributed by atoms with van der Waals surface area (Å²) in [6.45, 7) is 4.19. The number of nitrogens with zero attached hydrogens (tertiary/aromatic N) is 2. The topological polar surface area (TPSA) is 71.1 Å². The highest BCUT2D eigenvalue weighted by atomic mass is 16.7. The van der Waals surface area contributed by atoms with Crippen molar-refractivity contribution in [3.63, 3.8) is 0 Å². The molecule has 0 bridgehead atoms. The highest BCUT2D eigenvalue weighted by Gasteiger charge is 2.31. The summed E-state index contributed by atoms with van der Waals surface area (Å²) in [6, 6.07) is 7.53. The van der Waals surface area contributed by atoms with Crippen molar-refractivity contribution in [2.45, 2.75) is 32.0 Å². The molecule has 7 nitrogen and oxygen atoms in total. The average Bonchev–Trinajstić information content (AvgIpc) is 3.35. The molecule has 0 saturated carbocycles. The predicted octanol–water partition coefficient (Wildman–Crippen LogP) is 1.84. The van der Waals surface area contributed by atoms with Crippen LogP contribution < -0.4 is 10.2 Å². The number of hydrogen-bond acceptors (Lipinski definition) is 5. The first kappa shape index (κ1) is 18.4. The monoisotopic (exact) mass is 373 g/mol. The Hall–Kier alpha value is -1.96. The number of anilines is 2. The first-order valence-corrected chi connectivity index (χ1v) is 9.85. The third-order valence-corrected chi connectivity index (χ3v) is 5.57. The normalized spacial score (nSPS) is 22.5. The van der Waals surface area contributed by atoms with Gasteiger partial charge in [-0.2, -0.15) is 0 Å². The van der Waals surface area contributed by atoms with E-state index in [-0.39, 0.29) is 18.1 Å². The van der Waals surface area contributed by atoms with Crippen molar-refractivity contribution in [1.29, 1.82) is 0 Å². The third kappa shape index (κ3) is 4.31. The van der Waals surface area contributed by atoms with Crippen LogP contribution in [0.1, 0.15) is 25.7 Å². The number of piperidine rings is 1. The lowest BCUT2D eigenvalue weighted by atomic mass is 9.96. The summed E-state index contributed by atoms with van der Waals surface area (Å²) < 4.78 is 11.2. The molecule has 1 aromatic carbocycles. The molecule has 0 unspecified atom stereocenters. The summed E-state index contributed by atoms with van der Waals surface area (Å²) in [5.74, 6) is 0.504. The van der Waals surface area contributed by atoms with Gasteiger partial charge in [-0.3, -0.25) is 14.5 Å². The lowest BCUT2D eigenvalue weighted by Gasteiger charge is -2.33. The number of para-hydroxylation sites is 2. The van der Waals surface area contributed by atoms with Gasteiger partial charge in [0.15, 0.2) is 6.29 Å². The molecule has 3 heterocycles. The summed E-state index contributed by atoms with van der Waals surface area (Å²) in [5.41, 5.74) is 1.50. The van der Waals surface area contributed by atoms with Crippen molar-refractivity contribution in [2.75, 3.05) is 49.6 Å². The predicted molar refractivity (Wildman–Crippen MR) is 102 cm³/mol. The van der Waals surface area contributed by atoms with Crippen molar-refractivity contribution in [2.24, 2.45) is 5.92 Å². The Kier molecular flexibility index (Phi) is 5.71. The van der Waals surface area contributed by atoms with Gasteiger partial charge >= 0.3 is 0 Å². The Morgan fingerprint density at radius 1 is 1.11 bits per heavy atom. The summed E-state index contributed by atoms with van der Waals surface area (Å²) in [5, 5.41) is 3.00. The van der Waals surface area contributed by atoms with Gasteiger partial charge < -0.3 is 19.7 Å². The van der Waals surface area contributed by atoms with Gasteiger partial charge in [-0.05, 0) is 44.5 Å². The molecular weight excluding hydrogens is 346 g/mol. The van der Waals surface area contributed by atoms with E-state index in [1.165, 1.54) is 0 Å². The number of ether oxygens (including phenoxy) is 2. The zero-order valence-corrected chi connectivity index (χ0v) is 15.6. The van der Waals surface area contributed by atoms with Gasteiger partial charge in [-0.15, -0.1) is 0 Å². The summed E-state index contributed by atoms with van der Waals surface area (Å²) in [6.07, 6.45) is 3.34. The zero-order chi connectivity index (χ0) is 18.6. The van der Waals surface area contributed by atoms with E-state index in [2.05, 4.69) is 10.2 Å². The minimum Gasteiger partial charge on any atom is -0.350 e. The maximum Gasteiger partial charge on any atom is 0.238 e. The fraction of sp³-hybridized carbons (Fsp3) is 0.600. The quantitative estimate of drug-likeness (QED) is 0.853. The molecule has 146 valence electrons. The van der Waals surface area contributed by atoms with Crippen LogP contribution in [0.5, 0.6) is 0 Å². The van der Waals surface area contributed by atoms with Crippen molar-refractivity contribution in [1.82, 2.24) is 4.90 Å². The number of benzene rings is 1. The van der Waals surface area contributed by atoms with Crippen LogP contribution in [0.4, 0.5) is 11.4 Å². The largest absolute Gasteiger partial charge is 0.350 e. The fourth-order valence-corrected chi connectivity index (χ4v) is 4.14. The van der Waals surface area contributed by atoms with Crippen molar-refractivity contribution in [3.05, 3.63) is 24.3 Å². The maximum atomic E-state index is 12.6. The summed E-state index contributed by atoms with van der Waals surface area (Å²) in [7, 11) is 0. The first-order valence-electron chi connectivity index (χ1n) is 9.85. The SMILES string of the molecule is O=C(CN1CCC(C2OCCO2)CC1)Nc1ccccc1N1CCCC1=O. The Labute approximate surface area is 159 Å². The molecule has 0 aliphatic carbocycles. The van der Waals surface area contributed by atoms with E-state index in [1.54, 1.807) is 4.90 Å². The minimum absolute atomic E-state index is 0.0408. The molecule has 0 spiro atoms. The van der Waals surface area contributed by atoms with E-state index in [0.29, 0.717) is 44.3 Å². The molecule has 2 amide bonds. The Morgan fingerprint density at radius 2 is 1.85 bits per heavy atom. The molecule has 1 N–H and O–H groups in total. The number of carbonyl (C=O) groups excluding carboxylic acids is 2. The van der Waals surface area contributed by atoms with E-state index < -0.39 is 0 Å². The Morgan fingerprint density at radius 3 is 2.56 bits per heavy atom. The molecular formula is C20H27N3O4. The summed E-state index contributed by atoms with van der Waals surface area (Å²) in [4.78, 5) is 28.6. The van der Waals surface area contributed by atoms with E-state index in [4.69, 9.17) is 9.47 Å². The fourth-order valence-electron chi connectivity index (χ4n) is 4.14. The van der Waals surface area contributed by atoms with Gasteiger partial charge in [0.05, 0.1) is 31.1 Å². The number of amides is 2. The summed E-state index contributed by atoms with van der Waals surface area (Å²) >= 11 is 0. The smallest absolute Gasteiger partial charge is 0.238 e. The van der Waals surface area contributed by atoms with Gasteiger partial charge in [0.25, 0.3) is 0 Å². The second-order valence-corrected chi connectivity index (χ2v) is 7.44. The highest BCUT2D eigenvalue weighted by Crippen LogP contribution is 2.30. The van der Waals surface area contributed by atoms with Gasteiger partial charge in [-0.25, -0.2) is 0 Å². The molecule has 0 atom stereocenters. The number of likely N-dealkylation sites (tertiary alicyclic amines) is 1. The average molecular weight is 373 g/mol. The molecule has 3 aliphatic heterocycles. The van der Waals surface area contributed by atoms with Crippen LogP contribution in [0.3, 0.4) is 0 Å². The van der Waals surface area contributed by atoms with Crippen molar-refractivity contribution >= 4 is 23.2 Å². The van der Waals surface area contributed by atoms with Crippen LogP contribution in [0.15, 0.2) is 24.3 Å². The van der Waals surface area contributed by atoms with Crippen LogP contribution in [0.25, 0.3) is 0 Å². The lowest BCUT2D eigenvalue weighted by molar-refractivity contribution is -0.119. The highest BCUT2D eigenvalue weighted by molar-refractivity contribution is 6.02. The van der Waals surface area contributed by atoms with E-state index >= 15 is 0 Å². The standard InChI is InChI=1S/C20H27N3O4/c24-18(14-22-10-7-15(8-11-22)20-26-12-13-27-20)21-16-4-1-2-5-17(16)23-9-3-6-19(23)25/h1-2,4-5,15,20H,3,6-14H2,(H,21,24). The van der Waals surface area contributed by atoms with Gasteiger partial charge in [0.1, 0.15) is 0 Å². The van der Waals surface area contributed by atoms with E-state index in [1.807, 2.05) is 24.3 Å². The molecule has 1 aromatic rings. The van der Waals surface area contributed by atoms with Gasteiger partial charge in [-0.1, -0.05) is 12.1 Å². The maximum absolute atomic E-state index is 12.6. The number of hydrogen-bond donors (Lipinski definition) is 1. The van der Waals surface area contributed by atoms with Gasteiger partial charge in [0.2, 0.25) is 11.8 Å². The lowest BCUT2D eigenvalue weighted by Crippen LogP contribution is -2.42. The number of rotatable bonds is 5. The second-order valence-electron chi connectivity index (χ2n) is 7.44. The molecule has 4 rings (SSSR count). The van der Waals surface area contributed by atoms with Crippen LogP contribution in [-0.4, -0.2) is 62.4 Å². The molecule has 7 heteroatoms. The zero-order valence-electron chi connectivity index (χ0n) is 15.6. The minimum atomic E-state index is -0.0640. The van der Waals surface area contributed by atoms with Gasteiger partial charge in [0, 0.05) is 18.9 Å². The van der Waals surface area contributed by atoms with Crippen molar-refractivity contribution < 1.29 is 19.1 Å². The molecule has 3 fully saturated rings. The van der Waals surface area contributed by atoms with Crippen LogP contribution >= 0.6 is 0 Å². The van der Waals surface area contributed by atoms with E-state index in [9.17, 15) is 9.59 Å². The third-order valence-electron chi connectivity index (χ3n) is 5.57. The molecule has 0 radical (unpaired) electrons. The first-order chi connectivity index (χ1) is 13.2. The van der Waals surface area contributed by atoms with Crippen LogP contribution in [0, 0.1) is 5.92 Å². The Balaban J connectivity index is 1.31. The van der Waals surface area contributed by atoms with E-state index in [0.717, 1.165) is 38.0 Å². The second kappa shape index (κ2) is 8.37. The molecule has 3 saturated heterocycles. The van der Waals surface area contributed by atoms with Crippen LogP contribution in [-0.2, 0) is 19.1 Å². The van der Waals surface area contributed by atoms with Crippen molar-refractivity contribution in [3.8, 4) is 0 Å². The number of nitrogens with one attached hydrogen (secondary N) is 1. The molecule has 0 aromatic heterocycles. The molecule has 27 heavy (non-hydrogen) atoms. The Bertz CT molecular complexity index is 682. The number of carbonyl (C=O) groups is 2. The molecule has 3 aliphatic rings. The van der Waals surface area contributed by atoms with Crippen LogP contribution in [0.2, 0.25) is 0 Å².